The van der Waals surface area contributed by atoms with Gasteiger partial charge in [0, 0.05) is 11.6 Å². The molecule has 0 saturated carbocycles. The van der Waals surface area contributed by atoms with Crippen LogP contribution in [0.1, 0.15) is 30.1 Å². The lowest BCUT2D eigenvalue weighted by atomic mass is 9.91. The quantitative estimate of drug-likeness (QED) is 0.821. The molecule has 0 spiro atoms. The van der Waals surface area contributed by atoms with Gasteiger partial charge < -0.3 is 15.0 Å². The first-order valence-electron chi connectivity index (χ1n) is 8.24. The second-order valence-electron chi connectivity index (χ2n) is 6.21. The standard InChI is InChI=1S/C17H23ClN4O2.ClH/c1-23-15-5-4-14(18)8-13(15)7-12-3-2-6-22(10-12)11-16-20-17(9-19)24-21-16;/h4-5,8,12H,2-3,6-7,9-11,19H2,1H3;1H. The van der Waals surface area contributed by atoms with Crippen molar-refractivity contribution in [3.63, 3.8) is 0 Å². The van der Waals surface area contributed by atoms with Crippen molar-refractivity contribution in [2.45, 2.75) is 32.4 Å². The number of nitrogens with zero attached hydrogens (tertiary/aromatic N) is 3. The molecule has 1 aliphatic heterocycles. The number of rotatable bonds is 6. The molecular formula is C17H24Cl2N4O2. The number of halogens is 2. The van der Waals surface area contributed by atoms with Gasteiger partial charge in [-0.1, -0.05) is 16.8 Å². The van der Waals surface area contributed by atoms with Crippen molar-refractivity contribution < 1.29 is 9.26 Å². The maximum Gasteiger partial charge on any atom is 0.240 e. The molecule has 25 heavy (non-hydrogen) atoms. The zero-order valence-corrected chi connectivity index (χ0v) is 15.9. The first-order chi connectivity index (χ1) is 11.7. The zero-order chi connectivity index (χ0) is 16.9. The van der Waals surface area contributed by atoms with Crippen molar-refractivity contribution in [1.29, 1.82) is 0 Å². The van der Waals surface area contributed by atoms with Crippen molar-refractivity contribution >= 4 is 24.0 Å². The number of nitrogens with two attached hydrogens (primary N) is 1. The second kappa shape index (κ2) is 9.38. The summed E-state index contributed by atoms with van der Waals surface area (Å²) in [6.45, 7) is 3.04. The van der Waals surface area contributed by atoms with E-state index in [-0.39, 0.29) is 19.0 Å². The molecule has 1 atom stereocenters. The second-order valence-corrected chi connectivity index (χ2v) is 6.65. The molecule has 1 aromatic carbocycles. The lowest BCUT2D eigenvalue weighted by Crippen LogP contribution is -2.36. The van der Waals surface area contributed by atoms with E-state index in [0.29, 0.717) is 24.2 Å². The van der Waals surface area contributed by atoms with Crippen LogP contribution in [0.3, 0.4) is 0 Å². The Morgan fingerprint density at radius 3 is 3.00 bits per heavy atom. The van der Waals surface area contributed by atoms with Crippen LogP contribution in [0.2, 0.25) is 5.02 Å². The van der Waals surface area contributed by atoms with Gasteiger partial charge in [0.05, 0.1) is 20.2 Å². The number of benzene rings is 1. The Hall–Kier alpha value is -1.34. The van der Waals surface area contributed by atoms with E-state index in [4.69, 9.17) is 26.6 Å². The van der Waals surface area contributed by atoms with Crippen LogP contribution in [-0.4, -0.2) is 35.2 Å². The summed E-state index contributed by atoms with van der Waals surface area (Å²) >= 11 is 6.14. The van der Waals surface area contributed by atoms with Gasteiger partial charge >= 0.3 is 0 Å². The molecule has 0 amide bonds. The van der Waals surface area contributed by atoms with Crippen molar-refractivity contribution in [2.24, 2.45) is 11.7 Å². The fourth-order valence-electron chi connectivity index (χ4n) is 3.32. The molecule has 1 aliphatic rings. The lowest BCUT2D eigenvalue weighted by Gasteiger charge is -2.32. The summed E-state index contributed by atoms with van der Waals surface area (Å²) in [7, 11) is 1.70. The van der Waals surface area contributed by atoms with Crippen molar-refractivity contribution in [3.05, 3.63) is 40.5 Å². The number of hydrogen-bond acceptors (Lipinski definition) is 6. The highest BCUT2D eigenvalue weighted by Crippen LogP contribution is 2.28. The Balaban J connectivity index is 0.00000225. The van der Waals surface area contributed by atoms with Crippen molar-refractivity contribution in [3.8, 4) is 5.75 Å². The fourth-order valence-corrected chi connectivity index (χ4v) is 3.51. The maximum absolute atomic E-state index is 6.14. The van der Waals surface area contributed by atoms with Gasteiger partial charge in [-0.15, -0.1) is 12.4 Å². The molecule has 3 rings (SSSR count). The molecule has 1 unspecified atom stereocenters. The Morgan fingerprint density at radius 1 is 1.44 bits per heavy atom. The Labute approximate surface area is 159 Å². The molecular weight excluding hydrogens is 363 g/mol. The molecule has 1 fully saturated rings. The summed E-state index contributed by atoms with van der Waals surface area (Å²) in [6, 6.07) is 5.81. The third-order valence-electron chi connectivity index (χ3n) is 4.40. The van der Waals surface area contributed by atoms with E-state index in [2.05, 4.69) is 15.0 Å². The maximum atomic E-state index is 6.14. The molecule has 0 aliphatic carbocycles. The van der Waals surface area contributed by atoms with Crippen LogP contribution in [0.4, 0.5) is 0 Å². The number of piperidine rings is 1. The van der Waals surface area contributed by atoms with Crippen LogP contribution in [0.25, 0.3) is 0 Å². The van der Waals surface area contributed by atoms with Gasteiger partial charge in [-0.2, -0.15) is 4.98 Å². The van der Waals surface area contributed by atoms with E-state index in [1.807, 2.05) is 18.2 Å². The zero-order valence-electron chi connectivity index (χ0n) is 14.3. The van der Waals surface area contributed by atoms with Crippen LogP contribution in [0.5, 0.6) is 5.75 Å². The minimum absolute atomic E-state index is 0. The Kier molecular flexibility index (Phi) is 7.50. The highest BCUT2D eigenvalue weighted by atomic mass is 35.5. The molecule has 6 nitrogen and oxygen atoms in total. The largest absolute Gasteiger partial charge is 0.496 e. The summed E-state index contributed by atoms with van der Waals surface area (Å²) in [4.78, 5) is 6.66. The third-order valence-corrected chi connectivity index (χ3v) is 4.64. The predicted octanol–water partition coefficient (Wildman–Crippen LogP) is 3.07. The third kappa shape index (κ3) is 5.31. The van der Waals surface area contributed by atoms with Gasteiger partial charge in [0.15, 0.2) is 5.82 Å². The number of ether oxygens (including phenoxy) is 1. The first kappa shape index (κ1) is 20.0. The van der Waals surface area contributed by atoms with Crippen LogP contribution < -0.4 is 10.5 Å². The molecule has 8 heteroatoms. The van der Waals surface area contributed by atoms with Gasteiger partial charge in [-0.05, 0) is 55.5 Å². The van der Waals surface area contributed by atoms with Crippen LogP contribution in [-0.2, 0) is 19.5 Å². The number of likely N-dealkylation sites (tertiary alicyclic amines) is 1. The summed E-state index contributed by atoms with van der Waals surface area (Å²) < 4.78 is 10.5. The first-order valence-corrected chi connectivity index (χ1v) is 8.62. The Morgan fingerprint density at radius 2 is 2.28 bits per heavy atom. The summed E-state index contributed by atoms with van der Waals surface area (Å²) in [6.07, 6.45) is 3.32. The van der Waals surface area contributed by atoms with Gasteiger partial charge in [0.25, 0.3) is 0 Å². The molecule has 1 saturated heterocycles. The van der Waals surface area contributed by atoms with Gasteiger partial charge in [0.2, 0.25) is 5.89 Å². The van der Waals surface area contributed by atoms with E-state index in [9.17, 15) is 0 Å². The molecule has 2 N–H and O–H groups in total. The summed E-state index contributed by atoms with van der Waals surface area (Å²) in [5, 5.41) is 4.73. The van der Waals surface area contributed by atoms with E-state index in [1.54, 1.807) is 7.11 Å². The number of hydrogen-bond donors (Lipinski definition) is 1. The minimum atomic E-state index is 0. The average molecular weight is 387 g/mol. The molecule has 1 aromatic heterocycles. The van der Waals surface area contributed by atoms with Crippen LogP contribution in [0.15, 0.2) is 22.7 Å². The van der Waals surface area contributed by atoms with Gasteiger partial charge in [-0.25, -0.2) is 0 Å². The smallest absolute Gasteiger partial charge is 0.240 e. The number of methoxy groups -OCH3 is 1. The molecule has 2 heterocycles. The fraction of sp³-hybridized carbons (Fsp3) is 0.529. The van der Waals surface area contributed by atoms with Crippen LogP contribution in [0, 0.1) is 5.92 Å². The van der Waals surface area contributed by atoms with Crippen molar-refractivity contribution in [2.75, 3.05) is 20.2 Å². The highest BCUT2D eigenvalue weighted by molar-refractivity contribution is 6.30. The molecule has 0 radical (unpaired) electrons. The monoisotopic (exact) mass is 386 g/mol. The molecule has 0 bridgehead atoms. The topological polar surface area (TPSA) is 77.4 Å². The van der Waals surface area contributed by atoms with Gasteiger partial charge in [-0.3, -0.25) is 4.90 Å². The van der Waals surface area contributed by atoms with E-state index < -0.39 is 0 Å². The number of aromatic nitrogens is 2. The Bertz CT molecular complexity index is 680. The van der Waals surface area contributed by atoms with Crippen LogP contribution >= 0.6 is 24.0 Å². The highest BCUT2D eigenvalue weighted by Gasteiger charge is 2.23. The summed E-state index contributed by atoms with van der Waals surface area (Å²) in [5.74, 6) is 2.66. The van der Waals surface area contributed by atoms with Gasteiger partial charge in [0.1, 0.15) is 5.75 Å². The minimum Gasteiger partial charge on any atom is -0.496 e. The predicted molar refractivity (Wildman–Crippen MR) is 99.1 cm³/mol. The van der Waals surface area contributed by atoms with E-state index in [0.717, 1.165) is 36.7 Å². The lowest BCUT2D eigenvalue weighted by molar-refractivity contribution is 0.161. The summed E-state index contributed by atoms with van der Waals surface area (Å²) in [5.41, 5.74) is 6.68. The average Bonchev–Trinajstić information content (AvgIpc) is 3.03. The van der Waals surface area contributed by atoms with E-state index >= 15 is 0 Å². The SMILES string of the molecule is COc1ccc(Cl)cc1CC1CCCN(Cc2noc(CN)n2)C1.Cl. The molecule has 138 valence electrons. The molecule has 2 aromatic rings. The van der Waals surface area contributed by atoms with Crippen molar-refractivity contribution in [1.82, 2.24) is 15.0 Å². The van der Waals surface area contributed by atoms with E-state index in [1.165, 1.54) is 12.0 Å². The normalized spacial score (nSPS) is 18.0.